The smallest absolute Gasteiger partial charge is 0.247 e. The highest BCUT2D eigenvalue weighted by Crippen LogP contribution is 2.27. The fraction of sp³-hybridized carbons (Fsp3) is 0.278. The van der Waals surface area contributed by atoms with Gasteiger partial charge < -0.3 is 5.32 Å². The Morgan fingerprint density at radius 3 is 2.42 bits per heavy atom. The molecule has 1 atom stereocenters. The van der Waals surface area contributed by atoms with Crippen LogP contribution in [0.5, 0.6) is 0 Å². The highest BCUT2D eigenvalue weighted by Gasteiger charge is 2.30. The van der Waals surface area contributed by atoms with Crippen molar-refractivity contribution in [1.29, 1.82) is 0 Å². The molecule has 0 saturated heterocycles. The van der Waals surface area contributed by atoms with Crippen LogP contribution in [0.2, 0.25) is 5.02 Å². The summed E-state index contributed by atoms with van der Waals surface area (Å²) in [6, 6.07) is 8.11. The Labute approximate surface area is 157 Å². The maximum Gasteiger partial charge on any atom is 0.247 e. The molecule has 0 saturated carbocycles. The van der Waals surface area contributed by atoms with Gasteiger partial charge in [-0.05, 0) is 56.2 Å². The molecule has 2 rings (SSSR count). The maximum absolute atomic E-state index is 13.3. The first-order valence-electron chi connectivity index (χ1n) is 7.83. The monoisotopic (exact) mass is 398 g/mol. The Morgan fingerprint density at radius 1 is 1.19 bits per heavy atom. The predicted octanol–water partition coefficient (Wildman–Crippen LogP) is 3.89. The molecule has 2 aromatic rings. The van der Waals surface area contributed by atoms with Crippen molar-refractivity contribution in [1.82, 2.24) is 0 Å². The van der Waals surface area contributed by atoms with Gasteiger partial charge in [-0.2, -0.15) is 0 Å². The van der Waals surface area contributed by atoms with Gasteiger partial charge >= 0.3 is 0 Å². The zero-order chi connectivity index (χ0) is 19.6. The van der Waals surface area contributed by atoms with E-state index in [0.717, 1.165) is 27.8 Å². The van der Waals surface area contributed by atoms with Gasteiger partial charge in [0.25, 0.3) is 0 Å². The second-order valence-corrected chi connectivity index (χ2v) is 8.41. The average molecular weight is 399 g/mol. The Balaban J connectivity index is 2.37. The molecule has 0 radical (unpaired) electrons. The predicted molar refractivity (Wildman–Crippen MR) is 103 cm³/mol. The molecule has 26 heavy (non-hydrogen) atoms. The van der Waals surface area contributed by atoms with Gasteiger partial charge in [-0.1, -0.05) is 23.7 Å². The van der Waals surface area contributed by atoms with Crippen LogP contribution in [0.3, 0.4) is 0 Å². The Hall–Kier alpha value is -2.12. The second-order valence-electron chi connectivity index (χ2n) is 6.14. The van der Waals surface area contributed by atoms with Gasteiger partial charge in [0, 0.05) is 5.69 Å². The quantitative estimate of drug-likeness (QED) is 0.830. The number of aryl methyl sites for hydroxylation is 2. The first-order chi connectivity index (χ1) is 12.0. The number of carbonyl (C=O) groups excluding carboxylic acids is 1. The molecule has 1 amide bonds. The summed E-state index contributed by atoms with van der Waals surface area (Å²) in [5, 5.41) is 2.44. The molecule has 8 heteroatoms. The van der Waals surface area contributed by atoms with Crippen molar-refractivity contribution in [2.24, 2.45) is 0 Å². The maximum atomic E-state index is 13.3. The highest BCUT2D eigenvalue weighted by molar-refractivity contribution is 7.92. The minimum absolute atomic E-state index is 0.134. The first kappa shape index (κ1) is 20.2. The van der Waals surface area contributed by atoms with Crippen LogP contribution in [0.1, 0.15) is 18.1 Å². The molecule has 1 N–H and O–H groups in total. The number of hydrogen-bond donors (Lipinski definition) is 1. The van der Waals surface area contributed by atoms with E-state index in [4.69, 9.17) is 11.6 Å². The number of anilines is 2. The van der Waals surface area contributed by atoms with Gasteiger partial charge in [0.15, 0.2) is 0 Å². The SMILES string of the molecule is Cc1ccc(C)c(N([C@@H](C)C(=O)Nc2ccc(F)c(Cl)c2)S(C)(=O)=O)c1. The van der Waals surface area contributed by atoms with E-state index in [1.165, 1.54) is 19.1 Å². The average Bonchev–Trinajstić information content (AvgIpc) is 2.53. The summed E-state index contributed by atoms with van der Waals surface area (Å²) in [7, 11) is -3.72. The van der Waals surface area contributed by atoms with Gasteiger partial charge in [-0.3, -0.25) is 9.10 Å². The third-order valence-corrected chi connectivity index (χ3v) is 5.39. The molecule has 0 fully saturated rings. The Kier molecular flexibility index (Phi) is 5.93. The van der Waals surface area contributed by atoms with E-state index in [-0.39, 0.29) is 10.7 Å². The van der Waals surface area contributed by atoms with E-state index in [1.54, 1.807) is 19.1 Å². The molecule has 0 aliphatic heterocycles. The molecule has 140 valence electrons. The molecule has 0 bridgehead atoms. The van der Waals surface area contributed by atoms with E-state index >= 15 is 0 Å². The molecule has 2 aromatic carbocycles. The number of hydrogen-bond acceptors (Lipinski definition) is 3. The van der Waals surface area contributed by atoms with Crippen molar-refractivity contribution >= 4 is 38.9 Å². The van der Waals surface area contributed by atoms with E-state index in [1.807, 2.05) is 13.0 Å². The summed E-state index contributed by atoms with van der Waals surface area (Å²) in [6.07, 6.45) is 1.05. The number of rotatable bonds is 5. The number of nitrogens with zero attached hydrogens (tertiary/aromatic N) is 1. The van der Waals surface area contributed by atoms with Crippen LogP contribution in [-0.4, -0.2) is 26.6 Å². The van der Waals surface area contributed by atoms with Crippen molar-refractivity contribution in [2.45, 2.75) is 26.8 Å². The Morgan fingerprint density at radius 2 is 1.85 bits per heavy atom. The zero-order valence-corrected chi connectivity index (χ0v) is 16.5. The summed E-state index contributed by atoms with van der Waals surface area (Å²) >= 11 is 5.71. The van der Waals surface area contributed by atoms with Crippen LogP contribution in [0.15, 0.2) is 36.4 Å². The zero-order valence-electron chi connectivity index (χ0n) is 14.9. The number of benzene rings is 2. The molecule has 0 spiro atoms. The molecule has 0 aliphatic carbocycles. The summed E-state index contributed by atoms with van der Waals surface area (Å²) in [5.74, 6) is -1.16. The van der Waals surface area contributed by atoms with E-state index in [9.17, 15) is 17.6 Å². The third kappa shape index (κ3) is 4.53. The lowest BCUT2D eigenvalue weighted by molar-refractivity contribution is -0.116. The van der Waals surface area contributed by atoms with Gasteiger partial charge in [0.2, 0.25) is 15.9 Å². The summed E-state index contributed by atoms with van der Waals surface area (Å²) in [4.78, 5) is 12.6. The fourth-order valence-electron chi connectivity index (χ4n) is 2.56. The van der Waals surface area contributed by atoms with Gasteiger partial charge in [-0.15, -0.1) is 0 Å². The topological polar surface area (TPSA) is 66.5 Å². The molecule has 0 unspecified atom stereocenters. The van der Waals surface area contributed by atoms with Crippen molar-refractivity contribution in [3.8, 4) is 0 Å². The van der Waals surface area contributed by atoms with Crippen molar-refractivity contribution < 1.29 is 17.6 Å². The highest BCUT2D eigenvalue weighted by atomic mass is 35.5. The minimum atomic E-state index is -3.72. The second kappa shape index (κ2) is 7.63. The minimum Gasteiger partial charge on any atom is -0.324 e. The molecular formula is C18H20ClFN2O3S. The largest absolute Gasteiger partial charge is 0.324 e. The standard InChI is InChI=1S/C18H20ClFN2O3S/c1-11-5-6-12(2)17(9-11)22(26(4,24)25)13(3)18(23)21-14-7-8-16(20)15(19)10-14/h5-10,13H,1-4H3,(H,21,23)/t13-/m0/s1. The van der Waals surface area contributed by atoms with Crippen LogP contribution >= 0.6 is 11.6 Å². The first-order valence-corrected chi connectivity index (χ1v) is 10.1. The van der Waals surface area contributed by atoms with Crippen LogP contribution in [-0.2, 0) is 14.8 Å². The summed E-state index contributed by atoms with van der Waals surface area (Å²) in [6.45, 7) is 5.11. The van der Waals surface area contributed by atoms with Crippen molar-refractivity contribution in [3.05, 3.63) is 58.4 Å². The normalized spacial score (nSPS) is 12.5. The van der Waals surface area contributed by atoms with Crippen LogP contribution in [0.25, 0.3) is 0 Å². The fourth-order valence-corrected chi connectivity index (χ4v) is 3.96. The molecular weight excluding hydrogens is 379 g/mol. The van der Waals surface area contributed by atoms with Crippen LogP contribution in [0, 0.1) is 19.7 Å². The molecule has 0 heterocycles. The number of carbonyl (C=O) groups is 1. The third-order valence-electron chi connectivity index (χ3n) is 3.88. The van der Waals surface area contributed by atoms with Gasteiger partial charge in [0.05, 0.1) is 17.0 Å². The lowest BCUT2D eigenvalue weighted by Crippen LogP contribution is -2.45. The number of nitrogens with one attached hydrogen (secondary N) is 1. The lowest BCUT2D eigenvalue weighted by Gasteiger charge is -2.29. The van der Waals surface area contributed by atoms with Crippen molar-refractivity contribution in [3.63, 3.8) is 0 Å². The molecule has 0 aromatic heterocycles. The van der Waals surface area contributed by atoms with Gasteiger partial charge in [0.1, 0.15) is 11.9 Å². The van der Waals surface area contributed by atoms with Crippen LogP contribution in [0.4, 0.5) is 15.8 Å². The number of halogens is 2. The lowest BCUT2D eigenvalue weighted by atomic mass is 10.1. The van der Waals surface area contributed by atoms with Crippen LogP contribution < -0.4 is 9.62 Å². The van der Waals surface area contributed by atoms with E-state index in [2.05, 4.69) is 5.32 Å². The molecule has 0 aliphatic rings. The van der Waals surface area contributed by atoms with Crippen molar-refractivity contribution in [2.75, 3.05) is 15.9 Å². The number of sulfonamides is 1. The summed E-state index contributed by atoms with van der Waals surface area (Å²) in [5.41, 5.74) is 2.32. The molecule has 5 nitrogen and oxygen atoms in total. The Bertz CT molecular complexity index is 947. The van der Waals surface area contributed by atoms with E-state index in [0.29, 0.717) is 5.69 Å². The van der Waals surface area contributed by atoms with E-state index < -0.39 is 27.8 Å². The van der Waals surface area contributed by atoms with Gasteiger partial charge in [-0.25, -0.2) is 12.8 Å². The number of amides is 1. The summed E-state index contributed by atoms with van der Waals surface area (Å²) < 4.78 is 39.1.